The zero-order chi connectivity index (χ0) is 26.5. The predicted molar refractivity (Wildman–Crippen MR) is 181 cm³/mol. The molecule has 0 radical (unpaired) electrons. The number of halogens is 2. The van der Waals surface area contributed by atoms with E-state index in [9.17, 15) is 0 Å². The second-order valence-corrected chi connectivity index (χ2v) is 30.4. The zero-order valence-electron chi connectivity index (χ0n) is 23.6. The molecule has 0 saturated carbocycles. The SMILES string of the molecule is Cc1cc2c(-c3ccccc3)ccccc-2[c]1[Ti]([CH3])([CH3])(=[SiH2])[c]1c(C)cc2c(-c3ccccc3)ccccc1-2.Cl.Cl. The maximum atomic E-state index is 2.63. The first-order valence-corrected chi connectivity index (χ1v) is 22.2. The van der Waals surface area contributed by atoms with Crippen LogP contribution in [0.4, 0.5) is 0 Å². The van der Waals surface area contributed by atoms with Gasteiger partial charge in [0.15, 0.2) is 0 Å². The first kappa shape index (κ1) is 30.3. The molecule has 2 aromatic rings. The minimum absolute atomic E-state index is 0. The fourth-order valence-electron chi connectivity index (χ4n) is 7.00. The van der Waals surface area contributed by atoms with Gasteiger partial charge in [0.1, 0.15) is 0 Å². The molecular weight excluding hydrogens is 579 g/mol. The van der Waals surface area contributed by atoms with E-state index in [1.54, 1.807) is 7.74 Å². The van der Waals surface area contributed by atoms with Crippen molar-refractivity contribution < 1.29 is 14.0 Å². The van der Waals surface area contributed by atoms with Crippen molar-refractivity contribution in [2.45, 2.75) is 24.3 Å². The van der Waals surface area contributed by atoms with Gasteiger partial charge in [-0.15, -0.1) is 24.8 Å². The molecule has 0 bridgehead atoms. The Balaban J connectivity index is 0.00000185. The average Bonchev–Trinajstić information content (AvgIpc) is 3.24. The first-order valence-electron chi connectivity index (χ1n) is 13.5. The van der Waals surface area contributed by atoms with Crippen LogP contribution in [-0.2, 0) is 14.0 Å². The van der Waals surface area contributed by atoms with Gasteiger partial charge in [-0.25, -0.2) is 0 Å². The Hall–Kier alpha value is -2.65. The molecule has 40 heavy (non-hydrogen) atoms. The molecule has 0 spiro atoms. The van der Waals surface area contributed by atoms with Crippen molar-refractivity contribution in [3.8, 4) is 44.5 Å². The maximum absolute atomic E-state index is 3.47. The number of hydrogen-bond acceptors (Lipinski definition) is 0. The minimum atomic E-state index is -3.47. The van der Waals surface area contributed by atoms with Crippen LogP contribution in [0.5, 0.6) is 0 Å². The number of hydrogen-bond donors (Lipinski definition) is 0. The van der Waals surface area contributed by atoms with Crippen LogP contribution in [0.3, 0.4) is 0 Å². The monoisotopic (exact) mass is 614 g/mol. The maximum Gasteiger partial charge on any atom is -0.147 e. The molecule has 0 heterocycles. The van der Waals surface area contributed by atoms with Crippen LogP contribution in [0.15, 0.2) is 121 Å². The summed E-state index contributed by atoms with van der Waals surface area (Å²) in [4.78, 5) is 0. The van der Waals surface area contributed by atoms with E-state index in [-0.39, 0.29) is 24.8 Å². The third-order valence-corrected chi connectivity index (χ3v) is 18.3. The van der Waals surface area contributed by atoms with E-state index in [0.29, 0.717) is 0 Å². The van der Waals surface area contributed by atoms with Gasteiger partial charge in [0, 0.05) is 0 Å². The molecule has 0 atom stereocenters. The van der Waals surface area contributed by atoms with Crippen molar-refractivity contribution >= 4 is 40.2 Å². The van der Waals surface area contributed by atoms with Crippen molar-refractivity contribution in [3.05, 3.63) is 132 Å². The van der Waals surface area contributed by atoms with Crippen molar-refractivity contribution in [1.82, 2.24) is 0 Å². The second kappa shape index (κ2) is 11.3. The van der Waals surface area contributed by atoms with Gasteiger partial charge in [0.25, 0.3) is 0 Å². The molecule has 0 aliphatic heterocycles. The van der Waals surface area contributed by atoms with Gasteiger partial charge in [-0.05, 0) is 0 Å². The molecule has 0 N–H and O–H groups in total. The van der Waals surface area contributed by atoms with E-state index in [2.05, 4.69) is 153 Å². The second-order valence-electron chi connectivity index (χ2n) is 11.7. The fraction of sp³-hybridized carbons (Fsp3) is 0.111. The topological polar surface area (TPSA) is 0 Å². The third kappa shape index (κ3) is 5.00. The molecule has 0 saturated heterocycles. The molecule has 4 aliphatic carbocycles. The van der Waals surface area contributed by atoms with E-state index in [4.69, 9.17) is 0 Å². The smallest absolute Gasteiger partial charge is 0.147 e. The van der Waals surface area contributed by atoms with Gasteiger partial charge in [0.05, 0.1) is 0 Å². The van der Waals surface area contributed by atoms with Gasteiger partial charge in [-0.3, -0.25) is 0 Å². The van der Waals surface area contributed by atoms with E-state index in [1.807, 2.05) is 0 Å². The summed E-state index contributed by atoms with van der Waals surface area (Å²) >= 11 is -3.47. The van der Waals surface area contributed by atoms with Crippen LogP contribution < -0.4 is 7.74 Å². The van der Waals surface area contributed by atoms with E-state index < -0.39 is 14.0 Å². The average molecular weight is 616 g/mol. The summed E-state index contributed by atoms with van der Waals surface area (Å²) in [5, 5.41) is 5.26. The quantitative estimate of drug-likeness (QED) is 0.174. The molecule has 0 fully saturated rings. The summed E-state index contributed by atoms with van der Waals surface area (Å²) in [6.45, 7) is 4.67. The van der Waals surface area contributed by atoms with Gasteiger partial charge in [0.2, 0.25) is 0 Å². The van der Waals surface area contributed by atoms with Crippen LogP contribution in [-0.4, -0.2) is 7.63 Å². The summed E-state index contributed by atoms with van der Waals surface area (Å²) in [6.07, 6.45) is 0. The molecule has 6 rings (SSSR count). The van der Waals surface area contributed by atoms with Gasteiger partial charge < -0.3 is 0 Å². The van der Waals surface area contributed by atoms with Crippen molar-refractivity contribution in [1.29, 1.82) is 0 Å². The molecule has 0 nitrogen and oxygen atoms in total. The van der Waals surface area contributed by atoms with Gasteiger partial charge in [-0.1, -0.05) is 0 Å². The Bertz CT molecular complexity index is 1670. The Morgan fingerprint density at radius 1 is 0.425 bits per heavy atom. The molecule has 2 aromatic carbocycles. The first-order chi connectivity index (χ1) is 18.2. The molecule has 0 amide bonds. The molecular formula is C36H36Cl2SiTi. The van der Waals surface area contributed by atoms with Crippen LogP contribution in [0.25, 0.3) is 44.5 Å². The fourth-order valence-corrected chi connectivity index (χ4v) is 18.8. The number of fused-ring (bicyclic) bond motifs is 2. The largest absolute Gasteiger partial charge is 0.147 e. The van der Waals surface area contributed by atoms with Crippen LogP contribution >= 0.6 is 24.8 Å². The minimum Gasteiger partial charge on any atom is -0.147 e. The van der Waals surface area contributed by atoms with Crippen molar-refractivity contribution in [3.63, 3.8) is 0 Å². The van der Waals surface area contributed by atoms with Crippen LogP contribution in [0.2, 0.25) is 10.5 Å². The van der Waals surface area contributed by atoms with Crippen LogP contribution in [0.1, 0.15) is 11.1 Å². The van der Waals surface area contributed by atoms with E-state index in [1.165, 1.54) is 55.6 Å². The molecule has 202 valence electrons. The summed E-state index contributed by atoms with van der Waals surface area (Å²) in [6, 6.07) is 44.7. The number of aryl methyl sites for hydroxylation is 2. The normalized spacial score (nSPS) is 11.6. The molecule has 0 unspecified atom stereocenters. The molecule has 0 aromatic heterocycles. The van der Waals surface area contributed by atoms with E-state index >= 15 is 0 Å². The predicted octanol–water partition coefficient (Wildman–Crippen LogP) is 8.98. The van der Waals surface area contributed by atoms with Gasteiger partial charge in [-0.2, -0.15) is 0 Å². The third-order valence-electron chi connectivity index (χ3n) is 8.26. The Kier molecular flexibility index (Phi) is 8.58. The standard InChI is InChI=1S/2C17H13.2CH3.2ClH.H2Si.Ti/c2*1-13-11-15-9-5-6-10-16(17(15)12-13)14-7-3-2-4-8-14;;;;;;/h2*2-10,12H,1H3;2*1H3;2*1H;1H2;. The zero-order valence-corrected chi connectivity index (χ0v) is 28.2. The Labute approximate surface area is 253 Å². The number of benzene rings is 2. The summed E-state index contributed by atoms with van der Waals surface area (Å²) in [7, 11) is 2.32. The Morgan fingerprint density at radius 2 is 0.725 bits per heavy atom. The summed E-state index contributed by atoms with van der Waals surface area (Å²) < 4.78 is 3.21. The van der Waals surface area contributed by atoms with Gasteiger partial charge >= 0.3 is 231 Å². The Morgan fingerprint density at radius 3 is 1.07 bits per heavy atom. The summed E-state index contributed by atoms with van der Waals surface area (Å²) in [5.41, 5.74) is 13.6. The molecule has 4 aliphatic rings. The van der Waals surface area contributed by atoms with Crippen molar-refractivity contribution in [2.75, 3.05) is 0 Å². The van der Waals surface area contributed by atoms with E-state index in [0.717, 1.165) is 0 Å². The summed E-state index contributed by atoms with van der Waals surface area (Å²) in [5.74, 6) is 0. The van der Waals surface area contributed by atoms with Crippen LogP contribution in [0, 0.1) is 13.8 Å². The number of rotatable bonds is 4. The van der Waals surface area contributed by atoms with Crippen molar-refractivity contribution in [2.24, 2.45) is 0 Å². The molecule has 4 heteroatoms.